The van der Waals surface area contributed by atoms with Gasteiger partial charge in [-0.1, -0.05) is 48.5 Å². The fraction of sp³-hybridized carbons (Fsp3) is 0.483. The van der Waals surface area contributed by atoms with Crippen LogP contribution >= 0.6 is 0 Å². The number of carboxylic acid groups (broad SMARTS) is 1. The molecule has 8 heteroatoms. The lowest BCUT2D eigenvalue weighted by Crippen LogP contribution is -2.46. The Morgan fingerprint density at radius 3 is 2.05 bits per heavy atom. The van der Waals surface area contributed by atoms with Gasteiger partial charge in [0.25, 0.3) is 0 Å². The Morgan fingerprint density at radius 1 is 0.946 bits per heavy atom. The van der Waals surface area contributed by atoms with E-state index in [4.69, 9.17) is 9.47 Å². The lowest BCUT2D eigenvalue weighted by Gasteiger charge is -2.39. The number of fused-ring (bicyclic) bond motifs is 3. The number of hydrogen-bond acceptors (Lipinski definition) is 5. The molecule has 1 atom stereocenters. The minimum atomic E-state index is -1.03. The summed E-state index contributed by atoms with van der Waals surface area (Å²) < 4.78 is 11.3. The molecular weight excluding hydrogens is 472 g/mol. The third-order valence-corrected chi connectivity index (χ3v) is 7.84. The lowest BCUT2D eigenvalue weighted by molar-refractivity contribution is -0.141. The topological polar surface area (TPSA) is 96.4 Å². The SMILES string of the molecule is CC(C)(C)OC(=O)N1CCC2(CC1)CC(C(=O)O)N(C(=O)OCC1c3ccccc3-c3ccccc31)C2. The molecular formula is C29H34N2O6. The monoisotopic (exact) mass is 506 g/mol. The summed E-state index contributed by atoms with van der Waals surface area (Å²) >= 11 is 0. The van der Waals surface area contributed by atoms with Crippen molar-refractivity contribution in [3.63, 3.8) is 0 Å². The zero-order chi connectivity index (χ0) is 26.4. The molecule has 2 aromatic carbocycles. The summed E-state index contributed by atoms with van der Waals surface area (Å²) in [6, 6.07) is 15.3. The maximum absolute atomic E-state index is 13.3. The van der Waals surface area contributed by atoms with E-state index in [1.54, 1.807) is 4.90 Å². The molecule has 2 aromatic rings. The molecule has 5 rings (SSSR count). The van der Waals surface area contributed by atoms with Crippen LogP contribution in [0.15, 0.2) is 48.5 Å². The molecule has 0 bridgehead atoms. The van der Waals surface area contributed by atoms with Crippen LogP contribution in [0.25, 0.3) is 11.1 Å². The summed E-state index contributed by atoms with van der Waals surface area (Å²) in [7, 11) is 0. The fourth-order valence-electron chi connectivity index (χ4n) is 6.00. The molecule has 8 nitrogen and oxygen atoms in total. The number of likely N-dealkylation sites (tertiary alicyclic amines) is 2. The second kappa shape index (κ2) is 9.39. The highest BCUT2D eigenvalue weighted by atomic mass is 16.6. The lowest BCUT2D eigenvalue weighted by atomic mass is 9.76. The summed E-state index contributed by atoms with van der Waals surface area (Å²) in [5.74, 6) is -1.12. The van der Waals surface area contributed by atoms with E-state index >= 15 is 0 Å². The van der Waals surface area contributed by atoms with Gasteiger partial charge < -0.3 is 19.5 Å². The molecule has 2 heterocycles. The average Bonchev–Trinajstić information content (AvgIpc) is 3.38. The second-order valence-corrected chi connectivity index (χ2v) is 11.5. The van der Waals surface area contributed by atoms with Crippen molar-refractivity contribution in [1.29, 1.82) is 0 Å². The first-order valence-electron chi connectivity index (χ1n) is 12.9. The highest BCUT2D eigenvalue weighted by Gasteiger charge is 2.51. The van der Waals surface area contributed by atoms with E-state index in [2.05, 4.69) is 24.3 Å². The fourth-order valence-corrected chi connectivity index (χ4v) is 6.00. The Hall–Kier alpha value is -3.55. The van der Waals surface area contributed by atoms with Crippen LogP contribution in [0.5, 0.6) is 0 Å². The van der Waals surface area contributed by atoms with E-state index in [0.717, 1.165) is 22.3 Å². The molecule has 0 aromatic heterocycles. The number of ether oxygens (including phenoxy) is 2. The van der Waals surface area contributed by atoms with Gasteiger partial charge >= 0.3 is 18.2 Å². The van der Waals surface area contributed by atoms with Crippen molar-refractivity contribution in [3.8, 4) is 11.1 Å². The van der Waals surface area contributed by atoms with Crippen molar-refractivity contribution in [3.05, 3.63) is 59.7 Å². The highest BCUT2D eigenvalue weighted by molar-refractivity contribution is 5.82. The predicted octanol–water partition coefficient (Wildman–Crippen LogP) is 5.11. The van der Waals surface area contributed by atoms with Gasteiger partial charge in [0, 0.05) is 25.6 Å². The van der Waals surface area contributed by atoms with Gasteiger partial charge in [-0.25, -0.2) is 14.4 Å². The Labute approximate surface area is 217 Å². The van der Waals surface area contributed by atoms with Crippen LogP contribution in [0.4, 0.5) is 9.59 Å². The number of piperidine rings is 1. The Balaban J connectivity index is 1.25. The maximum atomic E-state index is 13.3. The molecule has 2 amide bonds. The Morgan fingerprint density at radius 2 is 1.51 bits per heavy atom. The Bertz CT molecular complexity index is 1170. The van der Waals surface area contributed by atoms with Crippen LogP contribution in [-0.2, 0) is 14.3 Å². The number of benzene rings is 2. The zero-order valence-corrected chi connectivity index (χ0v) is 21.6. The third-order valence-electron chi connectivity index (χ3n) is 7.84. The van der Waals surface area contributed by atoms with Crippen LogP contribution in [0, 0.1) is 5.41 Å². The van der Waals surface area contributed by atoms with Gasteiger partial charge in [-0.3, -0.25) is 4.90 Å². The van der Waals surface area contributed by atoms with Crippen molar-refractivity contribution >= 4 is 18.2 Å². The number of carbonyl (C=O) groups excluding carboxylic acids is 2. The minimum Gasteiger partial charge on any atom is -0.480 e. The van der Waals surface area contributed by atoms with Gasteiger partial charge in [0.1, 0.15) is 18.2 Å². The molecule has 2 fully saturated rings. The zero-order valence-electron chi connectivity index (χ0n) is 21.6. The van der Waals surface area contributed by atoms with Crippen molar-refractivity contribution < 1.29 is 29.0 Å². The first-order valence-corrected chi connectivity index (χ1v) is 12.9. The van der Waals surface area contributed by atoms with Gasteiger partial charge in [-0.05, 0) is 67.7 Å². The standard InChI is InChI=1S/C29H34N2O6/c1-28(2,3)37-26(34)30-14-12-29(13-15-30)16-24(25(32)33)31(18-29)27(35)36-17-23-21-10-6-4-8-19(21)20-9-5-7-11-22(20)23/h4-11,23-24H,12-18H2,1-3H3,(H,32,33). The normalized spacial score (nSPS) is 20.5. The van der Waals surface area contributed by atoms with Gasteiger partial charge in [-0.2, -0.15) is 0 Å². The molecule has 37 heavy (non-hydrogen) atoms. The Kier molecular flexibility index (Phi) is 6.38. The maximum Gasteiger partial charge on any atom is 0.410 e. The van der Waals surface area contributed by atoms with Gasteiger partial charge in [-0.15, -0.1) is 0 Å². The molecule has 2 aliphatic heterocycles. The van der Waals surface area contributed by atoms with Crippen molar-refractivity contribution in [2.75, 3.05) is 26.2 Å². The predicted molar refractivity (Wildman–Crippen MR) is 137 cm³/mol. The van der Waals surface area contributed by atoms with Crippen molar-refractivity contribution in [2.24, 2.45) is 5.41 Å². The molecule has 1 unspecified atom stereocenters. The smallest absolute Gasteiger partial charge is 0.410 e. The number of aliphatic carboxylic acids is 1. The van der Waals surface area contributed by atoms with Gasteiger partial charge in [0.15, 0.2) is 0 Å². The number of carboxylic acids is 1. The second-order valence-electron chi connectivity index (χ2n) is 11.5. The van der Waals surface area contributed by atoms with Gasteiger partial charge in [0.05, 0.1) is 0 Å². The number of nitrogens with zero attached hydrogens (tertiary/aromatic N) is 2. The van der Waals surface area contributed by atoms with Crippen LogP contribution in [0.1, 0.15) is 57.1 Å². The molecule has 0 radical (unpaired) electrons. The van der Waals surface area contributed by atoms with Crippen LogP contribution in [-0.4, -0.2) is 70.9 Å². The summed E-state index contributed by atoms with van der Waals surface area (Å²) in [6.45, 7) is 6.89. The summed E-state index contributed by atoms with van der Waals surface area (Å²) in [6.07, 6.45) is 0.630. The van der Waals surface area contributed by atoms with E-state index in [-0.39, 0.29) is 24.0 Å². The van der Waals surface area contributed by atoms with Crippen LogP contribution in [0.3, 0.4) is 0 Å². The molecule has 196 valence electrons. The summed E-state index contributed by atoms with van der Waals surface area (Å²) in [4.78, 5) is 40.9. The highest BCUT2D eigenvalue weighted by Crippen LogP contribution is 2.46. The molecule has 3 aliphatic rings. The summed E-state index contributed by atoms with van der Waals surface area (Å²) in [5, 5.41) is 9.92. The first kappa shape index (κ1) is 25.1. The van der Waals surface area contributed by atoms with Crippen LogP contribution in [0.2, 0.25) is 0 Å². The quantitative estimate of drug-likeness (QED) is 0.621. The third kappa shape index (κ3) is 4.89. The van der Waals surface area contributed by atoms with Crippen molar-refractivity contribution in [2.45, 2.75) is 57.6 Å². The van der Waals surface area contributed by atoms with Crippen molar-refractivity contribution in [1.82, 2.24) is 9.80 Å². The number of carbonyl (C=O) groups is 3. The van der Waals surface area contributed by atoms with Crippen LogP contribution < -0.4 is 0 Å². The number of amides is 2. The summed E-state index contributed by atoms with van der Waals surface area (Å²) in [5.41, 5.74) is 3.57. The number of hydrogen-bond donors (Lipinski definition) is 1. The van der Waals surface area contributed by atoms with E-state index in [1.807, 2.05) is 45.0 Å². The molecule has 0 saturated carbocycles. The van der Waals surface area contributed by atoms with Gasteiger partial charge in [0.2, 0.25) is 0 Å². The van der Waals surface area contributed by atoms with E-state index in [1.165, 1.54) is 4.90 Å². The minimum absolute atomic E-state index is 0.0896. The largest absolute Gasteiger partial charge is 0.480 e. The average molecular weight is 507 g/mol. The number of rotatable bonds is 3. The first-order chi connectivity index (χ1) is 17.6. The van der Waals surface area contributed by atoms with E-state index in [9.17, 15) is 19.5 Å². The molecule has 2 saturated heterocycles. The molecule has 1 aliphatic carbocycles. The van der Waals surface area contributed by atoms with E-state index in [0.29, 0.717) is 38.9 Å². The molecule has 1 N–H and O–H groups in total. The molecule has 1 spiro atoms. The van der Waals surface area contributed by atoms with E-state index < -0.39 is 23.7 Å².